The number of hydrogen-bond acceptors (Lipinski definition) is 3. The van der Waals surface area contributed by atoms with Crippen LogP contribution in [-0.2, 0) is 0 Å². The Bertz CT molecular complexity index is 190. The third kappa shape index (κ3) is 1.94. The van der Waals surface area contributed by atoms with E-state index in [9.17, 15) is 0 Å². The smallest absolute Gasteiger partial charge is 0.0857 e. The molecule has 3 nitrogen and oxygen atoms in total. The number of aliphatic imine (C=N–C) groups is 1. The monoisotopic (exact) mass is 151 g/mol. The molecule has 0 aromatic rings. The summed E-state index contributed by atoms with van der Waals surface area (Å²) in [6, 6.07) is 2.84. The van der Waals surface area contributed by atoms with E-state index in [-0.39, 0.29) is 6.04 Å². The second-order valence-corrected chi connectivity index (χ2v) is 3.07. The van der Waals surface area contributed by atoms with Gasteiger partial charge in [-0.2, -0.15) is 5.26 Å². The van der Waals surface area contributed by atoms with Gasteiger partial charge in [0.2, 0.25) is 0 Å². The van der Waals surface area contributed by atoms with Gasteiger partial charge < -0.3 is 4.90 Å². The van der Waals surface area contributed by atoms with Crippen LogP contribution in [0.1, 0.15) is 20.3 Å². The Labute approximate surface area is 67.3 Å². The van der Waals surface area contributed by atoms with Gasteiger partial charge in [-0.1, -0.05) is 0 Å². The fourth-order valence-corrected chi connectivity index (χ4v) is 1.08. The van der Waals surface area contributed by atoms with Crippen molar-refractivity contribution < 1.29 is 0 Å². The van der Waals surface area contributed by atoms with E-state index in [4.69, 9.17) is 5.26 Å². The predicted molar refractivity (Wildman–Crippen MR) is 44.4 cm³/mol. The predicted octanol–water partition coefficient (Wildman–Crippen LogP) is 1.02. The summed E-state index contributed by atoms with van der Waals surface area (Å²) in [5.41, 5.74) is 0. The Morgan fingerprint density at radius 3 is 3.00 bits per heavy atom. The molecular formula is C8H13N3. The van der Waals surface area contributed by atoms with Crippen LogP contribution >= 0.6 is 0 Å². The van der Waals surface area contributed by atoms with Crippen LogP contribution in [-0.4, -0.2) is 29.9 Å². The minimum atomic E-state index is 0.211. The molecule has 1 rings (SSSR count). The van der Waals surface area contributed by atoms with Gasteiger partial charge in [0.25, 0.3) is 0 Å². The molecule has 0 aliphatic carbocycles. The largest absolute Gasteiger partial charge is 0.358 e. The molecule has 0 aromatic heterocycles. The van der Waals surface area contributed by atoms with Gasteiger partial charge in [-0.05, 0) is 13.8 Å². The minimum absolute atomic E-state index is 0.211. The van der Waals surface area contributed by atoms with Crippen LogP contribution in [0.25, 0.3) is 0 Å². The summed E-state index contributed by atoms with van der Waals surface area (Å²) in [7, 11) is 0. The molecule has 0 fully saturated rings. The highest BCUT2D eigenvalue weighted by atomic mass is 15.2. The first-order chi connectivity index (χ1) is 5.24. The molecule has 3 heteroatoms. The summed E-state index contributed by atoms with van der Waals surface area (Å²) < 4.78 is 0. The molecule has 0 aromatic carbocycles. The third-order valence-electron chi connectivity index (χ3n) is 1.84. The lowest BCUT2D eigenvalue weighted by atomic mass is 10.2. The summed E-state index contributed by atoms with van der Waals surface area (Å²) in [5, 5.41) is 8.41. The van der Waals surface area contributed by atoms with Crippen LogP contribution in [0.2, 0.25) is 0 Å². The Hall–Kier alpha value is -1.04. The van der Waals surface area contributed by atoms with Gasteiger partial charge in [-0.25, -0.2) is 0 Å². The van der Waals surface area contributed by atoms with Crippen molar-refractivity contribution in [2.24, 2.45) is 4.99 Å². The summed E-state index contributed by atoms with van der Waals surface area (Å²) in [4.78, 5) is 6.36. The quantitative estimate of drug-likeness (QED) is 0.591. The highest BCUT2D eigenvalue weighted by Gasteiger charge is 2.18. The second-order valence-electron chi connectivity index (χ2n) is 3.07. The second kappa shape index (κ2) is 3.38. The van der Waals surface area contributed by atoms with E-state index in [0.717, 1.165) is 6.54 Å². The van der Waals surface area contributed by atoms with Crippen LogP contribution in [0, 0.1) is 11.3 Å². The van der Waals surface area contributed by atoms with Crippen molar-refractivity contribution in [3.8, 4) is 6.07 Å². The maximum atomic E-state index is 8.41. The first-order valence-electron chi connectivity index (χ1n) is 3.90. The first kappa shape index (κ1) is 8.06. The van der Waals surface area contributed by atoms with Crippen LogP contribution in [0.15, 0.2) is 4.99 Å². The number of hydrogen-bond donors (Lipinski definition) is 0. The molecule has 0 spiro atoms. The highest BCUT2D eigenvalue weighted by Crippen LogP contribution is 2.09. The zero-order chi connectivity index (χ0) is 8.27. The Balaban J connectivity index is 2.38. The number of nitriles is 1. The maximum Gasteiger partial charge on any atom is 0.0857 e. The van der Waals surface area contributed by atoms with E-state index in [1.807, 2.05) is 6.34 Å². The summed E-state index contributed by atoms with van der Waals surface area (Å²) in [6.45, 7) is 5.16. The molecule has 11 heavy (non-hydrogen) atoms. The Morgan fingerprint density at radius 2 is 2.55 bits per heavy atom. The molecule has 0 saturated carbocycles. The van der Waals surface area contributed by atoms with E-state index in [0.29, 0.717) is 12.5 Å². The Morgan fingerprint density at radius 1 is 1.82 bits per heavy atom. The van der Waals surface area contributed by atoms with Crippen LogP contribution < -0.4 is 0 Å². The molecule has 60 valence electrons. The molecule has 0 N–H and O–H groups in total. The van der Waals surface area contributed by atoms with Gasteiger partial charge in [-0.3, -0.25) is 4.99 Å². The topological polar surface area (TPSA) is 39.4 Å². The number of nitrogens with zero attached hydrogens (tertiary/aromatic N) is 3. The van der Waals surface area contributed by atoms with Gasteiger partial charge in [0.05, 0.1) is 24.9 Å². The van der Waals surface area contributed by atoms with Crippen molar-refractivity contribution in [3.05, 3.63) is 0 Å². The molecule has 1 unspecified atom stereocenters. The van der Waals surface area contributed by atoms with Crippen molar-refractivity contribution >= 4 is 6.34 Å². The minimum Gasteiger partial charge on any atom is -0.358 e. The molecule has 0 bridgehead atoms. The first-order valence-corrected chi connectivity index (χ1v) is 3.90. The van der Waals surface area contributed by atoms with E-state index in [1.54, 1.807) is 0 Å². The average Bonchev–Trinajstić information content (AvgIpc) is 2.37. The summed E-state index contributed by atoms with van der Waals surface area (Å²) >= 11 is 0. The van der Waals surface area contributed by atoms with Crippen molar-refractivity contribution in [1.29, 1.82) is 5.26 Å². The molecule has 0 saturated heterocycles. The summed E-state index contributed by atoms with van der Waals surface area (Å²) in [5.74, 6) is 0. The van der Waals surface area contributed by atoms with Crippen molar-refractivity contribution in [2.45, 2.75) is 32.4 Å². The van der Waals surface area contributed by atoms with Crippen molar-refractivity contribution in [3.63, 3.8) is 0 Å². The molecule has 0 radical (unpaired) electrons. The lowest BCUT2D eigenvalue weighted by molar-refractivity contribution is 0.365. The average molecular weight is 151 g/mol. The lowest BCUT2D eigenvalue weighted by Crippen LogP contribution is -2.29. The van der Waals surface area contributed by atoms with Gasteiger partial charge in [0.1, 0.15) is 0 Å². The van der Waals surface area contributed by atoms with Gasteiger partial charge >= 0.3 is 0 Å². The van der Waals surface area contributed by atoms with Crippen LogP contribution in [0.5, 0.6) is 0 Å². The van der Waals surface area contributed by atoms with Gasteiger partial charge in [0.15, 0.2) is 0 Å². The van der Waals surface area contributed by atoms with E-state index < -0.39 is 0 Å². The Kier molecular flexibility index (Phi) is 2.48. The fraction of sp³-hybridized carbons (Fsp3) is 0.750. The molecule has 1 heterocycles. The van der Waals surface area contributed by atoms with Crippen LogP contribution in [0.3, 0.4) is 0 Å². The highest BCUT2D eigenvalue weighted by molar-refractivity contribution is 5.58. The lowest BCUT2D eigenvalue weighted by Gasteiger charge is -2.19. The van der Waals surface area contributed by atoms with Gasteiger partial charge in [-0.15, -0.1) is 0 Å². The standard InChI is InChI=1S/C8H13N3/c1-7(2)11-5-8(3-4-9)10-6-11/h6-8H,3,5H2,1-2H3. The normalized spacial score (nSPS) is 22.7. The molecule has 0 amide bonds. The zero-order valence-corrected chi connectivity index (χ0v) is 6.99. The summed E-state index contributed by atoms with van der Waals surface area (Å²) in [6.07, 6.45) is 2.40. The van der Waals surface area contributed by atoms with E-state index in [2.05, 4.69) is 29.8 Å². The third-order valence-corrected chi connectivity index (χ3v) is 1.84. The van der Waals surface area contributed by atoms with Crippen LogP contribution in [0.4, 0.5) is 0 Å². The maximum absolute atomic E-state index is 8.41. The fourth-order valence-electron chi connectivity index (χ4n) is 1.08. The van der Waals surface area contributed by atoms with E-state index >= 15 is 0 Å². The van der Waals surface area contributed by atoms with Crippen molar-refractivity contribution in [1.82, 2.24) is 4.90 Å². The molecule has 1 aliphatic heterocycles. The molecular weight excluding hydrogens is 138 g/mol. The van der Waals surface area contributed by atoms with Gasteiger partial charge in [0, 0.05) is 12.6 Å². The zero-order valence-electron chi connectivity index (χ0n) is 6.99. The van der Waals surface area contributed by atoms with Crippen molar-refractivity contribution in [2.75, 3.05) is 6.54 Å². The number of rotatable bonds is 2. The van der Waals surface area contributed by atoms with E-state index in [1.165, 1.54) is 0 Å². The SMILES string of the molecule is CC(C)N1C=NC(CC#N)C1. The molecule has 1 aliphatic rings. The molecule has 1 atom stereocenters.